The molecule has 0 heterocycles. The Morgan fingerprint density at radius 3 is 2.46 bits per heavy atom. The van der Waals surface area contributed by atoms with Gasteiger partial charge in [0.1, 0.15) is 0 Å². The Labute approximate surface area is 210 Å². The summed E-state index contributed by atoms with van der Waals surface area (Å²) in [6.45, 7) is 6.56. The molecule has 0 bridgehead atoms. The molecule has 1 amide bonds. The minimum atomic E-state index is -4.10. The molecule has 0 saturated heterocycles. The summed E-state index contributed by atoms with van der Waals surface area (Å²) in [5.41, 5.74) is -0.254. The molecule has 4 aliphatic carbocycles. The van der Waals surface area contributed by atoms with Crippen molar-refractivity contribution in [2.24, 2.45) is 46.3 Å². The molecule has 0 aromatic heterocycles. The van der Waals surface area contributed by atoms with Crippen LogP contribution in [-0.2, 0) is 14.9 Å². The molecule has 4 aliphatic rings. The third kappa shape index (κ3) is 5.05. The van der Waals surface area contributed by atoms with Gasteiger partial charge >= 0.3 is 0 Å². The summed E-state index contributed by atoms with van der Waals surface area (Å²) in [7, 11) is -4.10. The lowest BCUT2D eigenvalue weighted by Gasteiger charge is -2.63. The Morgan fingerprint density at radius 2 is 1.77 bits per heavy atom. The SMILES string of the molecule is C[C@H](CCC(=O)NCCS(=O)(=O)O)[C@H]1CCC2C3C(C[C@H](O)[C@@]21C)[C@@]1(C)CC[C@@H](O)C[C@H]1C[C@@H]3O. The molecule has 0 aromatic carbocycles. The topological polar surface area (TPSA) is 144 Å². The highest BCUT2D eigenvalue weighted by Gasteiger charge is 2.65. The van der Waals surface area contributed by atoms with E-state index in [-0.39, 0.29) is 65.4 Å². The number of carbonyl (C=O) groups excluding carboxylic acids is 1. The molecule has 202 valence electrons. The predicted octanol–water partition coefficient (Wildman–Crippen LogP) is 2.37. The number of carbonyl (C=O) groups is 1. The molecule has 4 saturated carbocycles. The van der Waals surface area contributed by atoms with Gasteiger partial charge in [-0.1, -0.05) is 20.8 Å². The van der Waals surface area contributed by atoms with Crippen molar-refractivity contribution >= 4 is 16.0 Å². The second-order valence-electron chi connectivity index (χ2n) is 12.7. The molecule has 9 heteroatoms. The van der Waals surface area contributed by atoms with E-state index in [1.807, 2.05) is 0 Å². The zero-order valence-electron chi connectivity index (χ0n) is 21.4. The van der Waals surface area contributed by atoms with E-state index < -0.39 is 28.1 Å². The van der Waals surface area contributed by atoms with Crippen molar-refractivity contribution in [2.75, 3.05) is 12.3 Å². The first kappa shape index (κ1) is 27.3. The van der Waals surface area contributed by atoms with Gasteiger partial charge in [-0.3, -0.25) is 9.35 Å². The maximum absolute atomic E-state index is 12.2. The van der Waals surface area contributed by atoms with E-state index in [4.69, 9.17) is 4.55 Å². The molecule has 8 nitrogen and oxygen atoms in total. The minimum absolute atomic E-state index is 0.0509. The van der Waals surface area contributed by atoms with Crippen molar-refractivity contribution < 1.29 is 33.1 Å². The average Bonchev–Trinajstić information content (AvgIpc) is 3.12. The van der Waals surface area contributed by atoms with Crippen molar-refractivity contribution in [1.82, 2.24) is 5.32 Å². The molecule has 4 rings (SSSR count). The first-order valence-corrected chi connectivity index (χ1v) is 15.1. The largest absolute Gasteiger partial charge is 0.393 e. The van der Waals surface area contributed by atoms with Gasteiger partial charge in [0.25, 0.3) is 10.1 Å². The van der Waals surface area contributed by atoms with E-state index >= 15 is 0 Å². The van der Waals surface area contributed by atoms with Crippen LogP contribution in [0.1, 0.15) is 78.6 Å². The van der Waals surface area contributed by atoms with Crippen molar-refractivity contribution in [3.63, 3.8) is 0 Å². The number of hydrogen-bond acceptors (Lipinski definition) is 6. The number of hydrogen-bond donors (Lipinski definition) is 5. The maximum atomic E-state index is 12.2. The van der Waals surface area contributed by atoms with Crippen LogP contribution in [0.15, 0.2) is 0 Å². The van der Waals surface area contributed by atoms with Crippen LogP contribution in [0.2, 0.25) is 0 Å². The van der Waals surface area contributed by atoms with Crippen LogP contribution >= 0.6 is 0 Å². The maximum Gasteiger partial charge on any atom is 0.266 e. The number of fused-ring (bicyclic) bond motifs is 5. The molecule has 4 fully saturated rings. The predicted molar refractivity (Wildman–Crippen MR) is 132 cm³/mol. The van der Waals surface area contributed by atoms with Crippen LogP contribution in [0.4, 0.5) is 0 Å². The smallest absolute Gasteiger partial charge is 0.266 e. The number of nitrogens with one attached hydrogen (secondary N) is 1. The van der Waals surface area contributed by atoms with Gasteiger partial charge in [-0.25, -0.2) is 0 Å². The molecule has 3 unspecified atom stereocenters. The molecule has 0 spiro atoms. The average molecular weight is 516 g/mol. The zero-order chi connectivity index (χ0) is 25.8. The van der Waals surface area contributed by atoms with Crippen molar-refractivity contribution in [2.45, 2.75) is 96.9 Å². The fraction of sp³-hybridized carbons (Fsp3) is 0.962. The van der Waals surface area contributed by atoms with Crippen LogP contribution in [0.5, 0.6) is 0 Å². The molecule has 11 atom stereocenters. The lowest BCUT2D eigenvalue weighted by molar-refractivity contribution is -0.207. The summed E-state index contributed by atoms with van der Waals surface area (Å²) >= 11 is 0. The Balaban J connectivity index is 1.43. The molecule has 35 heavy (non-hydrogen) atoms. The third-order valence-corrected chi connectivity index (χ3v) is 11.7. The van der Waals surface area contributed by atoms with E-state index in [0.29, 0.717) is 18.8 Å². The van der Waals surface area contributed by atoms with Gasteiger partial charge in [0, 0.05) is 13.0 Å². The summed E-state index contributed by atoms with van der Waals surface area (Å²) in [6, 6.07) is 0. The number of aliphatic hydroxyl groups excluding tert-OH is 3. The van der Waals surface area contributed by atoms with E-state index in [2.05, 4.69) is 26.1 Å². The summed E-state index contributed by atoms with van der Waals surface area (Å²) in [5.74, 6) is 0.705. The monoisotopic (exact) mass is 515 g/mol. The lowest BCUT2D eigenvalue weighted by atomic mass is 9.43. The van der Waals surface area contributed by atoms with Gasteiger partial charge in [-0.15, -0.1) is 0 Å². The van der Waals surface area contributed by atoms with Gasteiger partial charge in [0.15, 0.2) is 0 Å². The third-order valence-electron chi connectivity index (χ3n) is 11.0. The molecular formula is C26H45NO7S. The lowest BCUT2D eigenvalue weighted by Crippen LogP contribution is -2.62. The molecule has 0 radical (unpaired) electrons. The Hall–Kier alpha value is -0.740. The highest BCUT2D eigenvalue weighted by Crippen LogP contribution is 2.68. The number of aliphatic hydroxyl groups is 3. The summed E-state index contributed by atoms with van der Waals surface area (Å²) < 4.78 is 30.5. The standard InChI is InChI=1S/C26H45NO7S/c1-15(4-7-23(31)27-10-11-35(32,33)34)18-5-6-19-24-20(14-22(30)26(18,19)3)25(2)9-8-17(28)12-16(25)13-21(24)29/h15-22,24,28-30H,4-14H2,1-3H3,(H,27,31)(H,32,33,34)/t15-,16+,17-,18-,19?,20?,21+,22+,24?,25+,26-/m1/s1. The van der Waals surface area contributed by atoms with Gasteiger partial charge in [-0.05, 0) is 97.7 Å². The van der Waals surface area contributed by atoms with Crippen molar-refractivity contribution in [3.8, 4) is 0 Å². The highest BCUT2D eigenvalue weighted by molar-refractivity contribution is 7.85. The fourth-order valence-corrected chi connectivity index (χ4v) is 9.46. The van der Waals surface area contributed by atoms with Gasteiger partial charge in [-0.2, -0.15) is 8.42 Å². The first-order valence-electron chi connectivity index (χ1n) is 13.5. The molecule has 0 aromatic rings. The van der Waals surface area contributed by atoms with E-state index in [1.54, 1.807) is 0 Å². The van der Waals surface area contributed by atoms with E-state index in [0.717, 1.165) is 38.5 Å². The Bertz CT molecular complexity index is 896. The van der Waals surface area contributed by atoms with Gasteiger partial charge < -0.3 is 20.6 Å². The fourth-order valence-electron chi connectivity index (χ4n) is 9.10. The van der Waals surface area contributed by atoms with Crippen LogP contribution in [0.3, 0.4) is 0 Å². The van der Waals surface area contributed by atoms with Crippen molar-refractivity contribution in [1.29, 1.82) is 0 Å². The summed E-state index contributed by atoms with van der Waals surface area (Å²) in [5, 5.41) is 35.8. The highest BCUT2D eigenvalue weighted by atomic mass is 32.2. The second-order valence-corrected chi connectivity index (χ2v) is 14.2. The first-order chi connectivity index (χ1) is 16.3. The second kappa shape index (κ2) is 9.86. The van der Waals surface area contributed by atoms with Crippen LogP contribution < -0.4 is 5.32 Å². The van der Waals surface area contributed by atoms with Crippen LogP contribution in [0.25, 0.3) is 0 Å². The van der Waals surface area contributed by atoms with Crippen LogP contribution in [-0.4, -0.2) is 64.8 Å². The zero-order valence-corrected chi connectivity index (χ0v) is 22.2. The van der Waals surface area contributed by atoms with Gasteiger partial charge in [0.2, 0.25) is 5.91 Å². The summed E-state index contributed by atoms with van der Waals surface area (Å²) in [4.78, 5) is 12.2. The molecule has 5 N–H and O–H groups in total. The molecular weight excluding hydrogens is 470 g/mol. The van der Waals surface area contributed by atoms with Crippen molar-refractivity contribution in [3.05, 3.63) is 0 Å². The number of rotatable bonds is 7. The Morgan fingerprint density at radius 1 is 1.06 bits per heavy atom. The summed E-state index contributed by atoms with van der Waals surface area (Å²) in [6.07, 6.45) is 5.67. The van der Waals surface area contributed by atoms with Crippen LogP contribution in [0, 0.1) is 46.3 Å². The van der Waals surface area contributed by atoms with E-state index in [1.165, 1.54) is 0 Å². The minimum Gasteiger partial charge on any atom is -0.393 e. The molecule has 0 aliphatic heterocycles. The number of amides is 1. The van der Waals surface area contributed by atoms with Gasteiger partial charge in [0.05, 0.1) is 24.1 Å². The quantitative estimate of drug-likeness (QED) is 0.327. The normalized spacial score (nSPS) is 46.3. The Kier molecular flexibility index (Phi) is 7.69. The van der Waals surface area contributed by atoms with E-state index in [9.17, 15) is 28.5 Å².